The molecule has 20 heavy (non-hydrogen) atoms. The van der Waals surface area contributed by atoms with Crippen LogP contribution in [-0.4, -0.2) is 18.0 Å². The maximum atomic E-state index is 12.5. The first-order chi connectivity index (χ1) is 9.52. The van der Waals surface area contributed by atoms with E-state index in [9.17, 15) is 4.79 Å². The van der Waals surface area contributed by atoms with Crippen molar-refractivity contribution in [2.45, 2.75) is 70.9 Å². The Morgan fingerprint density at radius 3 is 2.55 bits per heavy atom. The highest BCUT2D eigenvalue weighted by Crippen LogP contribution is 2.49. The van der Waals surface area contributed by atoms with Gasteiger partial charge in [-0.15, -0.1) is 0 Å². The van der Waals surface area contributed by atoms with E-state index in [1.807, 2.05) is 0 Å². The van der Waals surface area contributed by atoms with Crippen LogP contribution in [0.5, 0.6) is 0 Å². The molecule has 0 aromatic carbocycles. The van der Waals surface area contributed by atoms with E-state index in [4.69, 9.17) is 5.73 Å². The van der Waals surface area contributed by atoms with Gasteiger partial charge in [0.25, 0.3) is 0 Å². The highest BCUT2D eigenvalue weighted by Gasteiger charge is 2.42. The van der Waals surface area contributed by atoms with E-state index < -0.39 is 0 Å². The summed E-state index contributed by atoms with van der Waals surface area (Å²) in [4.78, 5) is 12.5. The SMILES string of the molecule is CC1CC(N)CC(C(=O)NC(C)C2CC3CCC2C3)C1. The topological polar surface area (TPSA) is 55.1 Å². The molecule has 0 aliphatic heterocycles. The number of hydrogen-bond donors (Lipinski definition) is 2. The monoisotopic (exact) mass is 278 g/mol. The van der Waals surface area contributed by atoms with Gasteiger partial charge in [0.15, 0.2) is 0 Å². The molecule has 0 aromatic rings. The molecule has 2 bridgehead atoms. The van der Waals surface area contributed by atoms with E-state index >= 15 is 0 Å². The third kappa shape index (κ3) is 2.88. The van der Waals surface area contributed by atoms with E-state index in [0.29, 0.717) is 12.0 Å². The lowest BCUT2D eigenvalue weighted by Gasteiger charge is -2.33. The van der Waals surface area contributed by atoms with Gasteiger partial charge in [-0.05, 0) is 69.1 Å². The molecule has 3 N–H and O–H groups in total. The molecule has 3 aliphatic rings. The van der Waals surface area contributed by atoms with Gasteiger partial charge in [0.05, 0.1) is 0 Å². The Kier molecular flexibility index (Phi) is 4.07. The molecular formula is C17H30N2O. The average molecular weight is 278 g/mol. The van der Waals surface area contributed by atoms with Crippen molar-refractivity contribution in [1.82, 2.24) is 5.32 Å². The number of fused-ring (bicyclic) bond motifs is 2. The number of nitrogens with one attached hydrogen (secondary N) is 1. The molecule has 7 unspecified atom stereocenters. The van der Waals surface area contributed by atoms with Crippen LogP contribution in [0.2, 0.25) is 0 Å². The number of rotatable bonds is 3. The first-order valence-corrected chi connectivity index (χ1v) is 8.59. The lowest BCUT2D eigenvalue weighted by atomic mass is 9.78. The summed E-state index contributed by atoms with van der Waals surface area (Å²) in [6.45, 7) is 4.44. The van der Waals surface area contributed by atoms with Crippen LogP contribution in [0, 0.1) is 29.6 Å². The van der Waals surface area contributed by atoms with Crippen LogP contribution in [0.25, 0.3) is 0 Å². The summed E-state index contributed by atoms with van der Waals surface area (Å²) >= 11 is 0. The Hall–Kier alpha value is -0.570. The van der Waals surface area contributed by atoms with Crippen LogP contribution >= 0.6 is 0 Å². The van der Waals surface area contributed by atoms with Gasteiger partial charge in [-0.2, -0.15) is 0 Å². The Balaban J connectivity index is 1.53. The highest BCUT2D eigenvalue weighted by atomic mass is 16.1. The second-order valence-corrected chi connectivity index (χ2v) is 7.91. The van der Waals surface area contributed by atoms with Crippen LogP contribution in [0.3, 0.4) is 0 Å². The van der Waals surface area contributed by atoms with E-state index in [-0.39, 0.29) is 17.9 Å². The van der Waals surface area contributed by atoms with Crippen LogP contribution in [-0.2, 0) is 4.79 Å². The lowest BCUT2D eigenvalue weighted by Crippen LogP contribution is -2.46. The van der Waals surface area contributed by atoms with Gasteiger partial charge in [-0.3, -0.25) is 4.79 Å². The summed E-state index contributed by atoms with van der Waals surface area (Å²) in [5, 5.41) is 3.32. The van der Waals surface area contributed by atoms with Gasteiger partial charge in [0.1, 0.15) is 0 Å². The van der Waals surface area contributed by atoms with Crippen molar-refractivity contribution in [3.05, 3.63) is 0 Å². The zero-order valence-electron chi connectivity index (χ0n) is 13.0. The number of nitrogens with two attached hydrogens (primary N) is 1. The molecule has 3 fully saturated rings. The lowest BCUT2D eigenvalue weighted by molar-refractivity contribution is -0.127. The van der Waals surface area contributed by atoms with Gasteiger partial charge in [-0.25, -0.2) is 0 Å². The fourth-order valence-corrected chi connectivity index (χ4v) is 5.23. The molecular weight excluding hydrogens is 248 g/mol. The van der Waals surface area contributed by atoms with Crippen molar-refractivity contribution in [3.63, 3.8) is 0 Å². The van der Waals surface area contributed by atoms with E-state index in [1.54, 1.807) is 0 Å². The van der Waals surface area contributed by atoms with Gasteiger partial charge >= 0.3 is 0 Å². The second-order valence-electron chi connectivity index (χ2n) is 7.91. The van der Waals surface area contributed by atoms with Gasteiger partial charge in [0, 0.05) is 18.0 Å². The fourth-order valence-electron chi connectivity index (χ4n) is 5.23. The Morgan fingerprint density at radius 1 is 1.15 bits per heavy atom. The standard InChI is InChI=1S/C17H30N2O/c1-10-5-14(9-15(18)6-10)17(20)19-11(2)16-8-12-3-4-13(16)7-12/h10-16H,3-9,18H2,1-2H3,(H,19,20). The van der Waals surface area contributed by atoms with Crippen molar-refractivity contribution in [1.29, 1.82) is 0 Å². The van der Waals surface area contributed by atoms with Crippen LogP contribution in [0.4, 0.5) is 0 Å². The van der Waals surface area contributed by atoms with Crippen molar-refractivity contribution in [2.75, 3.05) is 0 Å². The van der Waals surface area contributed by atoms with Crippen LogP contribution in [0.15, 0.2) is 0 Å². The Labute approximate surface area is 123 Å². The summed E-state index contributed by atoms with van der Waals surface area (Å²) in [6, 6.07) is 0.568. The summed E-state index contributed by atoms with van der Waals surface area (Å²) < 4.78 is 0. The van der Waals surface area contributed by atoms with Gasteiger partial charge in [-0.1, -0.05) is 13.3 Å². The van der Waals surface area contributed by atoms with Crippen molar-refractivity contribution in [3.8, 4) is 0 Å². The summed E-state index contributed by atoms with van der Waals surface area (Å²) in [5.74, 6) is 3.56. The molecule has 0 heterocycles. The van der Waals surface area contributed by atoms with Crippen molar-refractivity contribution in [2.24, 2.45) is 35.3 Å². The first kappa shape index (κ1) is 14.4. The minimum absolute atomic E-state index is 0.148. The van der Waals surface area contributed by atoms with E-state index in [0.717, 1.165) is 37.0 Å². The molecule has 0 radical (unpaired) electrons. The Morgan fingerprint density at radius 2 is 1.95 bits per heavy atom. The molecule has 3 heteroatoms. The summed E-state index contributed by atoms with van der Waals surface area (Å²) in [7, 11) is 0. The molecule has 3 rings (SSSR count). The summed E-state index contributed by atoms with van der Waals surface area (Å²) in [5.41, 5.74) is 6.08. The smallest absolute Gasteiger partial charge is 0.223 e. The molecule has 3 saturated carbocycles. The van der Waals surface area contributed by atoms with Gasteiger partial charge in [0.2, 0.25) is 5.91 Å². The first-order valence-electron chi connectivity index (χ1n) is 8.59. The number of carbonyl (C=O) groups excluding carboxylic acids is 1. The normalized spacial score (nSPS) is 45.4. The zero-order valence-corrected chi connectivity index (χ0v) is 13.0. The van der Waals surface area contributed by atoms with E-state index in [1.165, 1.54) is 25.7 Å². The highest BCUT2D eigenvalue weighted by molar-refractivity contribution is 5.79. The average Bonchev–Trinajstić information content (AvgIpc) is 2.99. The summed E-state index contributed by atoms with van der Waals surface area (Å²) in [6.07, 6.45) is 8.54. The maximum absolute atomic E-state index is 12.5. The third-order valence-corrected chi connectivity index (χ3v) is 6.16. The minimum atomic E-state index is 0.148. The maximum Gasteiger partial charge on any atom is 0.223 e. The molecule has 114 valence electrons. The van der Waals surface area contributed by atoms with Crippen LogP contribution < -0.4 is 11.1 Å². The second kappa shape index (κ2) is 5.67. The molecule has 0 saturated heterocycles. The largest absolute Gasteiger partial charge is 0.353 e. The van der Waals surface area contributed by atoms with Gasteiger partial charge < -0.3 is 11.1 Å². The van der Waals surface area contributed by atoms with Crippen molar-refractivity contribution >= 4 is 5.91 Å². The quantitative estimate of drug-likeness (QED) is 0.834. The van der Waals surface area contributed by atoms with E-state index in [2.05, 4.69) is 19.2 Å². The molecule has 3 nitrogen and oxygen atoms in total. The molecule has 0 spiro atoms. The minimum Gasteiger partial charge on any atom is -0.353 e. The zero-order chi connectivity index (χ0) is 14.3. The third-order valence-electron chi connectivity index (χ3n) is 6.16. The van der Waals surface area contributed by atoms with Crippen LogP contribution in [0.1, 0.15) is 58.8 Å². The predicted molar refractivity (Wildman–Crippen MR) is 81.0 cm³/mol. The predicted octanol–water partition coefficient (Wildman–Crippen LogP) is 2.69. The molecule has 0 aromatic heterocycles. The Bertz CT molecular complexity index is 360. The molecule has 3 aliphatic carbocycles. The molecule has 1 amide bonds. The number of carbonyl (C=O) groups is 1. The molecule has 7 atom stereocenters. The number of hydrogen-bond acceptors (Lipinski definition) is 2. The number of amides is 1. The fraction of sp³-hybridized carbons (Fsp3) is 0.941. The van der Waals surface area contributed by atoms with Crippen molar-refractivity contribution < 1.29 is 4.79 Å².